The Balaban J connectivity index is 0.000000178. The molecule has 5 heterocycles. The molecule has 14 nitrogen and oxygen atoms in total. The molecule has 2 fully saturated rings. The molecule has 3 aliphatic heterocycles. The Morgan fingerprint density at radius 1 is 1.11 bits per heavy atom. The zero-order valence-electron chi connectivity index (χ0n) is 31.8. The van der Waals surface area contributed by atoms with Gasteiger partial charge in [-0.15, -0.1) is 5.73 Å². The summed E-state index contributed by atoms with van der Waals surface area (Å²) in [6, 6.07) is 15.7. The van der Waals surface area contributed by atoms with Crippen molar-refractivity contribution in [2.24, 2.45) is 5.73 Å². The standard InChI is InChI=1S/C17H23N7O2S.C15H14N2O2.C8H10ClN/c1-12-20-15(22-17-19-10-13(11-25)27-17)9-16(21-12)24-7-5-23(6-8-24)4-2-3-14(18)26;18-14-8-7-13(15(19)16-14)11-3-5-12(6-4-11)17-9-1-2-10-17;1-6-4-3-5-7(9)8(6)10-2/h9-11H,2-8H2,1H3,(H2,18,26)(H,19,20,21,22);1,3-6,10,13H,7-9H2,(H,16,18,19);3-5,10H,1-2H3. The van der Waals surface area contributed by atoms with Gasteiger partial charge in [0.2, 0.25) is 17.7 Å². The predicted molar refractivity (Wildman–Crippen MR) is 222 cm³/mol. The van der Waals surface area contributed by atoms with Crippen molar-refractivity contribution in [3.05, 3.63) is 99.6 Å². The molecular formula is C40H47ClN10O4S. The predicted octanol–water partition coefficient (Wildman–Crippen LogP) is 5.57. The molecule has 1 atom stereocenters. The highest BCUT2D eigenvalue weighted by atomic mass is 35.5. The van der Waals surface area contributed by atoms with Crippen LogP contribution in [0.3, 0.4) is 0 Å². The number of anilines is 5. The number of primary amides is 1. The first-order valence-corrected chi connectivity index (χ1v) is 19.6. The Labute approximate surface area is 335 Å². The summed E-state index contributed by atoms with van der Waals surface area (Å²) in [4.78, 5) is 64.9. The lowest BCUT2D eigenvalue weighted by atomic mass is 9.90. The van der Waals surface area contributed by atoms with Crippen LogP contribution in [-0.2, 0) is 14.4 Å². The molecule has 7 rings (SSSR count). The van der Waals surface area contributed by atoms with E-state index in [9.17, 15) is 19.2 Å². The Bertz CT molecular complexity index is 2040. The smallest absolute Gasteiger partial charge is 0.234 e. The van der Waals surface area contributed by atoms with Gasteiger partial charge in [0, 0.05) is 70.6 Å². The number of imide groups is 1. The Morgan fingerprint density at radius 3 is 2.48 bits per heavy atom. The number of hydrogen-bond acceptors (Lipinski definition) is 13. The molecule has 56 heavy (non-hydrogen) atoms. The van der Waals surface area contributed by atoms with Crippen LogP contribution in [0.5, 0.6) is 0 Å². The molecule has 1 unspecified atom stereocenters. The molecule has 0 saturated carbocycles. The van der Waals surface area contributed by atoms with Crippen molar-refractivity contribution in [1.29, 1.82) is 0 Å². The zero-order chi connectivity index (χ0) is 40.0. The van der Waals surface area contributed by atoms with E-state index in [0.29, 0.717) is 40.9 Å². The van der Waals surface area contributed by atoms with E-state index in [0.717, 1.165) is 79.8 Å². The molecule has 16 heteroatoms. The molecule has 2 aromatic heterocycles. The minimum absolute atomic E-state index is 0.175. The number of hydrogen-bond donors (Lipinski definition) is 4. The van der Waals surface area contributed by atoms with E-state index in [1.807, 2.05) is 81.7 Å². The molecule has 0 radical (unpaired) electrons. The number of nitrogens with zero attached hydrogens (tertiary/aromatic N) is 6. The monoisotopic (exact) mass is 798 g/mol. The van der Waals surface area contributed by atoms with Gasteiger partial charge in [0.15, 0.2) is 11.4 Å². The zero-order valence-corrected chi connectivity index (χ0v) is 33.3. The van der Waals surface area contributed by atoms with Gasteiger partial charge in [-0.2, -0.15) is 0 Å². The minimum atomic E-state index is -0.245. The Hall–Kier alpha value is -5.60. The van der Waals surface area contributed by atoms with E-state index in [1.54, 1.807) is 0 Å². The Kier molecular flexibility index (Phi) is 15.1. The van der Waals surface area contributed by atoms with Crippen molar-refractivity contribution in [3.63, 3.8) is 0 Å². The van der Waals surface area contributed by atoms with Gasteiger partial charge in [-0.3, -0.25) is 29.4 Å². The summed E-state index contributed by atoms with van der Waals surface area (Å²) >= 11 is 7.15. The van der Waals surface area contributed by atoms with Gasteiger partial charge in [0.25, 0.3) is 0 Å². The molecule has 0 bridgehead atoms. The number of nitrogens with two attached hydrogens (primary N) is 1. The van der Waals surface area contributed by atoms with Crippen LogP contribution in [0.2, 0.25) is 5.02 Å². The summed E-state index contributed by atoms with van der Waals surface area (Å²) in [7, 11) is 1.87. The summed E-state index contributed by atoms with van der Waals surface area (Å²) in [6.07, 6.45) is 8.42. The van der Waals surface area contributed by atoms with Crippen molar-refractivity contribution >= 4 is 75.1 Å². The van der Waals surface area contributed by atoms with Gasteiger partial charge in [0.1, 0.15) is 17.5 Å². The molecule has 2 aromatic carbocycles. The Morgan fingerprint density at radius 2 is 1.88 bits per heavy atom. The van der Waals surface area contributed by atoms with Crippen LogP contribution in [0, 0.1) is 13.8 Å². The molecule has 3 aliphatic rings. The van der Waals surface area contributed by atoms with Crippen LogP contribution < -0.4 is 31.5 Å². The van der Waals surface area contributed by atoms with Crippen LogP contribution in [0.1, 0.15) is 58.2 Å². The van der Waals surface area contributed by atoms with Gasteiger partial charge >= 0.3 is 0 Å². The summed E-state index contributed by atoms with van der Waals surface area (Å²) in [6.45, 7) is 9.15. The lowest BCUT2D eigenvalue weighted by Crippen LogP contribution is -2.47. The maximum atomic E-state index is 11.8. The number of halogens is 1. The van der Waals surface area contributed by atoms with E-state index < -0.39 is 0 Å². The number of rotatable bonds is 11. The number of piperidine rings is 1. The summed E-state index contributed by atoms with van der Waals surface area (Å²) in [5.74, 6) is 1.38. The second-order valence-corrected chi connectivity index (χ2v) is 14.8. The van der Waals surface area contributed by atoms with Crippen LogP contribution in [0.15, 0.2) is 72.7 Å². The average Bonchev–Trinajstić information content (AvgIpc) is 3.89. The van der Waals surface area contributed by atoms with Crippen LogP contribution in [0.25, 0.3) is 0 Å². The first kappa shape index (κ1) is 41.6. The summed E-state index contributed by atoms with van der Waals surface area (Å²) < 4.78 is 0. The van der Waals surface area contributed by atoms with E-state index in [4.69, 9.17) is 17.3 Å². The third-order valence-electron chi connectivity index (χ3n) is 9.27. The van der Waals surface area contributed by atoms with Gasteiger partial charge in [-0.25, -0.2) is 15.0 Å². The average molecular weight is 799 g/mol. The fourth-order valence-corrected chi connectivity index (χ4v) is 7.30. The number of aryl methyl sites for hydroxylation is 2. The van der Waals surface area contributed by atoms with Crippen LogP contribution >= 0.6 is 22.9 Å². The van der Waals surface area contributed by atoms with Crippen LogP contribution in [-0.4, -0.2) is 90.2 Å². The van der Waals surface area contributed by atoms with Crippen molar-refractivity contribution < 1.29 is 19.2 Å². The highest BCUT2D eigenvalue weighted by molar-refractivity contribution is 7.17. The van der Waals surface area contributed by atoms with E-state index in [-0.39, 0.29) is 23.6 Å². The normalized spacial score (nSPS) is 16.3. The number of piperazine rings is 1. The second kappa shape index (κ2) is 20.4. The maximum absolute atomic E-state index is 11.8. The van der Waals surface area contributed by atoms with E-state index >= 15 is 0 Å². The molecule has 4 aromatic rings. The molecular weight excluding hydrogens is 752 g/mol. The van der Waals surface area contributed by atoms with Gasteiger partial charge in [-0.05, 0) is 68.6 Å². The van der Waals surface area contributed by atoms with Crippen molar-refractivity contribution in [2.75, 3.05) is 66.7 Å². The third-order valence-corrected chi connectivity index (χ3v) is 10.4. The third kappa shape index (κ3) is 11.9. The molecule has 2 saturated heterocycles. The minimum Gasteiger partial charge on any atom is -0.387 e. The first-order valence-electron chi connectivity index (χ1n) is 18.4. The number of carbonyl (C=O) groups excluding carboxylic acids is 4. The number of carbonyl (C=O) groups is 4. The fraction of sp³-hybridized carbons (Fsp3) is 0.350. The highest BCUT2D eigenvalue weighted by Crippen LogP contribution is 2.28. The summed E-state index contributed by atoms with van der Waals surface area (Å²) in [5.41, 5.74) is 12.5. The van der Waals surface area contributed by atoms with Crippen molar-refractivity contribution in [3.8, 4) is 0 Å². The highest BCUT2D eigenvalue weighted by Gasteiger charge is 2.28. The van der Waals surface area contributed by atoms with Crippen LogP contribution in [0.4, 0.5) is 28.1 Å². The number of aldehydes is 1. The SMILES string of the molecule is CNc1c(C)cccc1Cl.Cc1nc(Nc2ncc(C=O)s2)cc(N2CCN(CCCC(N)=O)CC2)n1.O=C1CCC(c2ccc(N3C=C=CC3)cc2)C(=O)N1. The van der Waals surface area contributed by atoms with Crippen molar-refractivity contribution in [2.45, 2.75) is 45.4 Å². The topological polar surface area (TPSA) is 179 Å². The number of para-hydroxylation sites is 1. The summed E-state index contributed by atoms with van der Waals surface area (Å²) in [5, 5.41) is 9.97. The van der Waals surface area contributed by atoms with Crippen molar-refractivity contribution in [1.82, 2.24) is 25.2 Å². The maximum Gasteiger partial charge on any atom is 0.234 e. The van der Waals surface area contributed by atoms with Gasteiger partial charge in [-0.1, -0.05) is 47.2 Å². The molecule has 5 N–H and O–H groups in total. The number of amides is 3. The number of benzene rings is 2. The fourth-order valence-electron chi connectivity index (χ4n) is 6.35. The largest absolute Gasteiger partial charge is 0.387 e. The number of nitrogens with one attached hydrogen (secondary N) is 3. The number of thiazole rings is 1. The second-order valence-electron chi connectivity index (χ2n) is 13.3. The quantitative estimate of drug-likeness (QED) is 0.0844. The van der Waals surface area contributed by atoms with Gasteiger partial charge in [0.05, 0.1) is 27.7 Å². The van der Waals surface area contributed by atoms with Gasteiger partial charge < -0.3 is 26.2 Å². The van der Waals surface area contributed by atoms with E-state index in [1.165, 1.54) is 23.1 Å². The molecule has 3 amide bonds. The lowest BCUT2D eigenvalue weighted by molar-refractivity contribution is -0.134. The first-order chi connectivity index (χ1) is 27.0. The molecule has 0 spiro atoms. The molecule has 294 valence electrons. The van der Waals surface area contributed by atoms with E-state index in [2.05, 4.69) is 51.3 Å². The molecule has 0 aliphatic carbocycles. The number of aromatic nitrogens is 3. The lowest BCUT2D eigenvalue weighted by Gasteiger charge is -2.35.